The zero-order chi connectivity index (χ0) is 15.0. The highest BCUT2D eigenvalue weighted by Crippen LogP contribution is 2.32. The van der Waals surface area contributed by atoms with Crippen LogP contribution >= 0.6 is 0 Å². The molecule has 6 heteroatoms. The van der Waals surface area contributed by atoms with Crippen LogP contribution in [0.25, 0.3) is 22.8 Å². The summed E-state index contributed by atoms with van der Waals surface area (Å²) < 4.78 is 18.4. The van der Waals surface area contributed by atoms with Gasteiger partial charge in [-0.1, -0.05) is 17.3 Å². The highest BCUT2D eigenvalue weighted by atomic mass is 19.1. The molecule has 2 N–H and O–H groups in total. The molecule has 0 aliphatic heterocycles. The second-order valence-corrected chi connectivity index (χ2v) is 4.56. The van der Waals surface area contributed by atoms with Crippen LogP contribution in [0.1, 0.15) is 5.56 Å². The van der Waals surface area contributed by atoms with Gasteiger partial charge in [0.2, 0.25) is 5.82 Å². The smallest absolute Gasteiger partial charge is 0.262 e. The minimum absolute atomic E-state index is 0.0598. The number of nitrogens with zero attached hydrogens (tertiary/aromatic N) is 2. The summed E-state index contributed by atoms with van der Waals surface area (Å²) in [4.78, 5) is 4.14. The van der Waals surface area contributed by atoms with Gasteiger partial charge in [0.15, 0.2) is 11.6 Å². The molecule has 0 aliphatic rings. The number of aromatic nitrogens is 2. The predicted octanol–water partition coefficient (Wildman–Crippen LogP) is 3.26. The molecule has 106 valence electrons. The van der Waals surface area contributed by atoms with Gasteiger partial charge in [0.25, 0.3) is 5.89 Å². The maximum absolute atomic E-state index is 13.3. The van der Waals surface area contributed by atoms with Crippen LogP contribution in [0.5, 0.6) is 11.5 Å². The highest BCUT2D eigenvalue weighted by molar-refractivity contribution is 5.66. The number of para-hydroxylation sites is 1. The highest BCUT2D eigenvalue weighted by Gasteiger charge is 2.15. The fraction of sp³-hybridized carbons (Fsp3) is 0.0667. The number of aromatic hydroxyl groups is 2. The third-order valence-electron chi connectivity index (χ3n) is 3.10. The molecule has 0 atom stereocenters. The Morgan fingerprint density at radius 2 is 1.95 bits per heavy atom. The van der Waals surface area contributed by atoms with Crippen LogP contribution in [0.3, 0.4) is 0 Å². The van der Waals surface area contributed by atoms with Gasteiger partial charge in [0, 0.05) is 5.56 Å². The molecule has 0 radical (unpaired) electrons. The van der Waals surface area contributed by atoms with E-state index in [9.17, 15) is 9.50 Å². The molecular formula is C15H11FN2O3. The Bertz CT molecular complexity index is 814. The van der Waals surface area contributed by atoms with Crippen molar-refractivity contribution in [3.63, 3.8) is 0 Å². The maximum atomic E-state index is 13.3. The van der Waals surface area contributed by atoms with Crippen molar-refractivity contribution in [3.05, 3.63) is 47.8 Å². The monoisotopic (exact) mass is 286 g/mol. The van der Waals surface area contributed by atoms with Gasteiger partial charge in [-0.3, -0.25) is 0 Å². The van der Waals surface area contributed by atoms with Gasteiger partial charge in [-0.05, 0) is 36.8 Å². The molecule has 0 saturated carbocycles. The van der Waals surface area contributed by atoms with Gasteiger partial charge < -0.3 is 14.7 Å². The van der Waals surface area contributed by atoms with Crippen LogP contribution in [-0.2, 0) is 0 Å². The van der Waals surface area contributed by atoms with Crippen LogP contribution in [0.15, 0.2) is 40.9 Å². The summed E-state index contributed by atoms with van der Waals surface area (Å²) in [5.74, 6) is -0.842. The molecule has 0 saturated heterocycles. The van der Waals surface area contributed by atoms with Crippen LogP contribution in [0.2, 0.25) is 0 Å². The molecule has 0 spiro atoms. The number of hydrogen-bond donors (Lipinski definition) is 2. The minimum Gasteiger partial charge on any atom is -0.507 e. The number of halogens is 1. The van der Waals surface area contributed by atoms with Gasteiger partial charge in [-0.25, -0.2) is 4.39 Å². The normalized spacial score (nSPS) is 10.8. The second kappa shape index (κ2) is 4.90. The fourth-order valence-corrected chi connectivity index (χ4v) is 1.93. The first-order chi connectivity index (χ1) is 10.1. The predicted molar refractivity (Wildman–Crippen MR) is 73.2 cm³/mol. The number of aryl methyl sites for hydroxylation is 1. The average molecular weight is 286 g/mol. The molecule has 5 nitrogen and oxygen atoms in total. The Balaban J connectivity index is 2.03. The first-order valence-corrected chi connectivity index (χ1v) is 6.18. The van der Waals surface area contributed by atoms with Crippen molar-refractivity contribution in [1.29, 1.82) is 0 Å². The zero-order valence-corrected chi connectivity index (χ0v) is 11.0. The average Bonchev–Trinajstić information content (AvgIpc) is 2.94. The van der Waals surface area contributed by atoms with Gasteiger partial charge in [-0.15, -0.1) is 0 Å². The molecule has 0 aliphatic carbocycles. The van der Waals surface area contributed by atoms with Crippen molar-refractivity contribution in [3.8, 4) is 34.3 Å². The molecule has 1 aromatic heterocycles. The van der Waals surface area contributed by atoms with E-state index in [1.807, 2.05) is 0 Å². The van der Waals surface area contributed by atoms with Crippen LogP contribution in [0.4, 0.5) is 4.39 Å². The molecule has 0 bridgehead atoms. The van der Waals surface area contributed by atoms with Crippen LogP contribution < -0.4 is 0 Å². The fourth-order valence-electron chi connectivity index (χ4n) is 1.93. The molecular weight excluding hydrogens is 275 g/mol. The lowest BCUT2D eigenvalue weighted by molar-refractivity contribution is 0.424. The third kappa shape index (κ3) is 2.31. The Hall–Kier alpha value is -2.89. The Morgan fingerprint density at radius 3 is 2.71 bits per heavy atom. The largest absolute Gasteiger partial charge is 0.507 e. The van der Waals surface area contributed by atoms with Gasteiger partial charge in [0.1, 0.15) is 5.75 Å². The number of benzene rings is 2. The molecule has 21 heavy (non-hydrogen) atoms. The number of phenols is 2. The van der Waals surface area contributed by atoms with Crippen molar-refractivity contribution >= 4 is 0 Å². The molecule has 1 heterocycles. The molecule has 0 unspecified atom stereocenters. The Kier molecular flexibility index (Phi) is 3.06. The molecule has 3 aromatic rings. The van der Waals surface area contributed by atoms with Gasteiger partial charge in [-0.2, -0.15) is 4.98 Å². The van der Waals surface area contributed by atoms with E-state index in [0.717, 1.165) is 6.07 Å². The van der Waals surface area contributed by atoms with E-state index in [1.165, 1.54) is 12.1 Å². The summed E-state index contributed by atoms with van der Waals surface area (Å²) in [5.41, 5.74) is 1.46. The number of hydrogen-bond acceptors (Lipinski definition) is 5. The summed E-state index contributed by atoms with van der Waals surface area (Å²) in [7, 11) is 0. The molecule has 3 rings (SSSR count). The second-order valence-electron chi connectivity index (χ2n) is 4.56. The van der Waals surface area contributed by atoms with Crippen molar-refractivity contribution < 1.29 is 19.1 Å². The summed E-state index contributed by atoms with van der Waals surface area (Å²) in [5, 5.41) is 22.9. The summed E-state index contributed by atoms with van der Waals surface area (Å²) in [6, 6.07) is 8.96. The van der Waals surface area contributed by atoms with E-state index in [2.05, 4.69) is 10.1 Å². The van der Waals surface area contributed by atoms with Crippen LogP contribution in [0, 0.1) is 12.7 Å². The van der Waals surface area contributed by atoms with E-state index < -0.39 is 11.6 Å². The number of phenolic OH excluding ortho intramolecular Hbond substituents is 2. The molecule has 2 aromatic carbocycles. The Morgan fingerprint density at radius 1 is 1.14 bits per heavy atom. The van der Waals surface area contributed by atoms with Crippen molar-refractivity contribution in [2.75, 3.05) is 0 Å². The summed E-state index contributed by atoms with van der Waals surface area (Å²) in [6.45, 7) is 1.76. The lowest BCUT2D eigenvalue weighted by atomic mass is 10.1. The van der Waals surface area contributed by atoms with E-state index in [1.54, 1.807) is 25.1 Å². The molecule has 0 fully saturated rings. The van der Waals surface area contributed by atoms with Crippen molar-refractivity contribution in [2.24, 2.45) is 0 Å². The van der Waals surface area contributed by atoms with Gasteiger partial charge >= 0.3 is 0 Å². The topological polar surface area (TPSA) is 79.4 Å². The molecule has 0 amide bonds. The first kappa shape index (κ1) is 13.1. The van der Waals surface area contributed by atoms with Crippen molar-refractivity contribution in [2.45, 2.75) is 6.92 Å². The minimum atomic E-state index is -0.766. The number of rotatable bonds is 2. The lowest BCUT2D eigenvalue weighted by Crippen LogP contribution is -1.85. The zero-order valence-electron chi connectivity index (χ0n) is 11.0. The quantitative estimate of drug-likeness (QED) is 0.756. The van der Waals surface area contributed by atoms with Crippen LogP contribution in [-0.4, -0.2) is 20.4 Å². The maximum Gasteiger partial charge on any atom is 0.262 e. The lowest BCUT2D eigenvalue weighted by Gasteiger charge is -2.01. The standard InChI is InChI=1S/C15H11FN2O3/c1-8-3-2-4-10(13(8)20)15-17-14(18-21-15)9-5-6-12(19)11(16)7-9/h2-7,19-20H,1H3. The Labute approximate surface area is 119 Å². The SMILES string of the molecule is Cc1cccc(-c2nc(-c3ccc(O)c(F)c3)no2)c1O. The first-order valence-electron chi connectivity index (χ1n) is 6.18. The van der Waals surface area contributed by atoms with E-state index >= 15 is 0 Å². The third-order valence-corrected chi connectivity index (χ3v) is 3.10. The van der Waals surface area contributed by atoms with Gasteiger partial charge in [0.05, 0.1) is 5.56 Å². The van der Waals surface area contributed by atoms with Crippen molar-refractivity contribution in [1.82, 2.24) is 10.1 Å². The van der Waals surface area contributed by atoms with E-state index in [-0.39, 0.29) is 17.5 Å². The van der Waals surface area contributed by atoms with E-state index in [4.69, 9.17) is 9.63 Å². The summed E-state index contributed by atoms with van der Waals surface area (Å²) in [6.07, 6.45) is 0. The van der Waals surface area contributed by atoms with E-state index in [0.29, 0.717) is 16.7 Å². The summed E-state index contributed by atoms with van der Waals surface area (Å²) >= 11 is 0.